The van der Waals surface area contributed by atoms with Crippen LogP contribution < -0.4 is 9.80 Å². The molecule has 2 aromatic heterocycles. The maximum absolute atomic E-state index is 2.51. The van der Waals surface area contributed by atoms with E-state index in [-0.39, 0.29) is 0 Å². The number of benzene rings is 21. The quantitative estimate of drug-likeness (QED) is 0.101. The normalized spacial score (nSPS) is 11.7. The van der Waals surface area contributed by atoms with Crippen molar-refractivity contribution in [1.29, 1.82) is 0 Å². The first-order valence-corrected chi connectivity index (χ1v) is 40.7. The molecule has 4 heteroatoms. The molecule has 21 aromatic carbocycles. The lowest BCUT2D eigenvalue weighted by Crippen LogP contribution is -2.11. The van der Waals surface area contributed by atoms with Gasteiger partial charge in [-0.05, 0) is 247 Å². The number of rotatable bonds is 14. The van der Waals surface area contributed by atoms with Crippen molar-refractivity contribution in [3.8, 4) is 78.1 Å². The maximum atomic E-state index is 2.51. The van der Waals surface area contributed by atoms with Gasteiger partial charge in [-0.3, -0.25) is 0 Å². The molecule has 0 radical (unpaired) electrons. The molecule has 118 heavy (non-hydrogen) atoms. The van der Waals surface area contributed by atoms with Gasteiger partial charge in [0, 0.05) is 66.9 Å². The fraction of sp³-hybridized carbons (Fsp3) is 0. The lowest BCUT2D eigenvalue weighted by Gasteiger charge is -2.29. The van der Waals surface area contributed by atoms with Gasteiger partial charge in [-0.1, -0.05) is 328 Å². The molecule has 2 heterocycles. The van der Waals surface area contributed by atoms with Gasteiger partial charge in [-0.2, -0.15) is 0 Å². The summed E-state index contributed by atoms with van der Waals surface area (Å²) in [5, 5.41) is 19.3. The van der Waals surface area contributed by atoms with Gasteiger partial charge in [-0.15, -0.1) is 0 Å². The molecule has 0 N–H and O–H groups in total. The van der Waals surface area contributed by atoms with Gasteiger partial charge in [0.1, 0.15) is 0 Å². The molecule has 0 atom stereocenters. The van der Waals surface area contributed by atoms with Crippen molar-refractivity contribution in [3.63, 3.8) is 0 Å². The summed E-state index contributed by atoms with van der Waals surface area (Å²) in [4.78, 5) is 4.91. The van der Waals surface area contributed by atoms with Crippen LogP contribution in [-0.2, 0) is 0 Å². The van der Waals surface area contributed by atoms with Crippen molar-refractivity contribution in [1.82, 2.24) is 9.13 Å². The molecule has 550 valence electrons. The van der Waals surface area contributed by atoms with Crippen LogP contribution in [-0.4, -0.2) is 9.13 Å². The van der Waals surface area contributed by atoms with Crippen LogP contribution in [0.15, 0.2) is 449 Å². The molecular formula is C114H74N4. The van der Waals surface area contributed by atoms with Gasteiger partial charge in [-0.25, -0.2) is 0 Å². The summed E-state index contributed by atoms with van der Waals surface area (Å²) < 4.78 is 4.97. The van der Waals surface area contributed by atoms with Crippen LogP contribution in [0.25, 0.3) is 186 Å². The van der Waals surface area contributed by atoms with Gasteiger partial charge in [0.25, 0.3) is 0 Å². The zero-order chi connectivity index (χ0) is 77.7. The molecule has 0 fully saturated rings. The molecule has 0 spiro atoms. The molecule has 0 aliphatic rings. The smallest absolute Gasteiger partial charge is 0.0553 e. The Bertz CT molecular complexity index is 7910. The van der Waals surface area contributed by atoms with E-state index >= 15 is 0 Å². The SMILES string of the molecule is c1ccc(-c2ccc(-c3ccc(N(c4cccc(-c5c6cc(-c7cccc(-n8c9ccccc9c9c(-c%10cccc(N(c%11ccc%12c(ccc%13ccccc%13%12)c%11)c%11ccccc%11-c%11ccccc%11)c%10)c%10ccccc%10cc98)c7)ccc6cc6c5c5ccccc5n6-c5ccccc5)c4)c4ccc5c(ccc6ccccc65)c4)cc3)cc2)cc1. The van der Waals surface area contributed by atoms with Gasteiger partial charge in [0.15, 0.2) is 0 Å². The molecule has 4 nitrogen and oxygen atoms in total. The van der Waals surface area contributed by atoms with E-state index in [4.69, 9.17) is 0 Å². The first-order chi connectivity index (χ1) is 58.5. The highest BCUT2D eigenvalue weighted by Gasteiger charge is 2.26. The highest BCUT2D eigenvalue weighted by molar-refractivity contribution is 6.25. The summed E-state index contributed by atoms with van der Waals surface area (Å²) in [6, 6.07) is 166. The molecular weight excluding hydrogens is 1430 g/mol. The highest BCUT2D eigenvalue weighted by Crippen LogP contribution is 2.51. The zero-order valence-corrected chi connectivity index (χ0v) is 64.5. The van der Waals surface area contributed by atoms with Gasteiger partial charge >= 0.3 is 0 Å². The number of hydrogen-bond acceptors (Lipinski definition) is 2. The van der Waals surface area contributed by atoms with E-state index < -0.39 is 0 Å². The lowest BCUT2D eigenvalue weighted by atomic mass is 9.90. The Morgan fingerprint density at radius 2 is 0.525 bits per heavy atom. The molecule has 0 bridgehead atoms. The van der Waals surface area contributed by atoms with E-state index in [1.165, 1.54) is 109 Å². The van der Waals surface area contributed by atoms with E-state index in [2.05, 4.69) is 468 Å². The minimum absolute atomic E-state index is 1.05. The molecule has 0 amide bonds. The van der Waals surface area contributed by atoms with Crippen LogP contribution in [0.4, 0.5) is 34.1 Å². The van der Waals surface area contributed by atoms with Crippen LogP contribution >= 0.6 is 0 Å². The summed E-state index contributed by atoms with van der Waals surface area (Å²) in [7, 11) is 0. The molecule has 0 aliphatic carbocycles. The Hall–Kier alpha value is -15.6. The topological polar surface area (TPSA) is 16.3 Å². The fourth-order valence-corrected chi connectivity index (χ4v) is 18.9. The standard InChI is InChI=1S/C114H74N4/c1-4-25-75(26-5-1)76-49-51-77(52-50-76)78-59-61-91(62-60-78)115(95-63-65-99-85(68-95)56-53-80-29-10-13-40-97(80)99)92-37-23-34-89(70-92)112-105-72-83(55-58-87(105)74-109-114(112)103-44-17-20-47-107(103)117(109)90-35-8-3-9-36-90)82-32-22-39-94(67-82)118-108-48-21-18-45-104(108)113-110(118)73-84-31-12-15-43-102(84)111(113)88-33-24-38-93(71-88)116(106-46-19-16-42-101(106)79-27-6-2-7-28-79)96-64-66-100-86(69-96)57-54-81-30-11-14-41-98(81)100/h1-74H. The van der Waals surface area contributed by atoms with Crippen LogP contribution in [0, 0.1) is 0 Å². The van der Waals surface area contributed by atoms with Gasteiger partial charge in [0.2, 0.25) is 0 Å². The highest BCUT2D eigenvalue weighted by atomic mass is 15.1. The predicted molar refractivity (Wildman–Crippen MR) is 502 cm³/mol. The third-order valence-corrected chi connectivity index (χ3v) is 24.4. The number of nitrogens with zero attached hydrogens (tertiary/aromatic N) is 4. The lowest BCUT2D eigenvalue weighted by molar-refractivity contribution is 1.18. The van der Waals surface area contributed by atoms with E-state index in [9.17, 15) is 0 Å². The molecule has 0 saturated carbocycles. The Balaban J connectivity index is 0.687. The zero-order valence-electron chi connectivity index (χ0n) is 64.5. The van der Waals surface area contributed by atoms with Gasteiger partial charge < -0.3 is 18.9 Å². The number of fused-ring (bicyclic) bond motifs is 14. The minimum atomic E-state index is 1.05. The summed E-state index contributed by atoms with van der Waals surface area (Å²) in [6.45, 7) is 0. The van der Waals surface area contributed by atoms with E-state index in [1.807, 2.05) is 0 Å². The second-order valence-electron chi connectivity index (χ2n) is 31.1. The van der Waals surface area contributed by atoms with Crippen LogP contribution in [0.2, 0.25) is 0 Å². The van der Waals surface area contributed by atoms with Crippen molar-refractivity contribution in [2.75, 3.05) is 9.80 Å². The molecule has 0 aliphatic heterocycles. The van der Waals surface area contributed by atoms with E-state index in [1.54, 1.807) is 0 Å². The van der Waals surface area contributed by atoms with Crippen molar-refractivity contribution in [2.45, 2.75) is 0 Å². The van der Waals surface area contributed by atoms with Crippen LogP contribution in [0.3, 0.4) is 0 Å². The Kier molecular flexibility index (Phi) is 16.2. The number of para-hydroxylation sites is 4. The fourth-order valence-electron chi connectivity index (χ4n) is 18.9. The molecule has 23 aromatic rings. The summed E-state index contributed by atoms with van der Waals surface area (Å²) in [5.41, 5.74) is 27.1. The third kappa shape index (κ3) is 11.5. The van der Waals surface area contributed by atoms with Crippen molar-refractivity contribution in [2.24, 2.45) is 0 Å². The maximum Gasteiger partial charge on any atom is 0.0553 e. The minimum Gasteiger partial charge on any atom is -0.310 e. The number of anilines is 6. The Labute approximate surface area is 683 Å². The first-order valence-electron chi connectivity index (χ1n) is 40.7. The second-order valence-corrected chi connectivity index (χ2v) is 31.1. The van der Waals surface area contributed by atoms with Gasteiger partial charge in [0.05, 0.1) is 27.8 Å². The molecule has 23 rings (SSSR count). The summed E-state index contributed by atoms with van der Waals surface area (Å²) in [6.07, 6.45) is 0. The summed E-state index contributed by atoms with van der Waals surface area (Å²) >= 11 is 0. The Morgan fingerprint density at radius 1 is 0.161 bits per heavy atom. The summed E-state index contributed by atoms with van der Waals surface area (Å²) in [5.74, 6) is 0. The monoisotopic (exact) mass is 1500 g/mol. The van der Waals surface area contributed by atoms with Crippen LogP contribution in [0.5, 0.6) is 0 Å². The number of hydrogen-bond donors (Lipinski definition) is 0. The largest absolute Gasteiger partial charge is 0.310 e. The van der Waals surface area contributed by atoms with Crippen LogP contribution in [0.1, 0.15) is 0 Å². The predicted octanol–water partition coefficient (Wildman–Crippen LogP) is 31.7. The first kappa shape index (κ1) is 68.0. The average molecular weight is 1500 g/mol. The molecule has 0 saturated heterocycles. The average Bonchev–Trinajstić information content (AvgIpc) is 1.55. The Morgan fingerprint density at radius 3 is 1.14 bits per heavy atom. The number of aromatic nitrogens is 2. The van der Waals surface area contributed by atoms with Crippen molar-refractivity contribution in [3.05, 3.63) is 449 Å². The van der Waals surface area contributed by atoms with E-state index in [0.29, 0.717) is 0 Å². The second kappa shape index (κ2) is 28.2. The van der Waals surface area contributed by atoms with Crippen molar-refractivity contribution >= 4 is 142 Å². The third-order valence-electron chi connectivity index (χ3n) is 24.4. The van der Waals surface area contributed by atoms with Crippen molar-refractivity contribution < 1.29 is 0 Å². The molecule has 0 unspecified atom stereocenters. The van der Waals surface area contributed by atoms with E-state index in [0.717, 1.165) is 112 Å².